The summed E-state index contributed by atoms with van der Waals surface area (Å²) in [6.45, 7) is 3.81. The van der Waals surface area contributed by atoms with Crippen molar-refractivity contribution in [2.75, 3.05) is 5.32 Å². The van der Waals surface area contributed by atoms with Gasteiger partial charge in [0, 0.05) is 24.7 Å². The Balaban J connectivity index is 0.00000261. The Morgan fingerprint density at radius 1 is 1.19 bits per heavy atom. The summed E-state index contributed by atoms with van der Waals surface area (Å²) in [5.74, 6) is -0.0220. The van der Waals surface area contributed by atoms with Gasteiger partial charge in [-0.3, -0.25) is 4.79 Å². The van der Waals surface area contributed by atoms with Gasteiger partial charge >= 0.3 is 0 Å². The van der Waals surface area contributed by atoms with Gasteiger partial charge in [-0.2, -0.15) is 0 Å². The van der Waals surface area contributed by atoms with Gasteiger partial charge in [-0.05, 0) is 67.3 Å². The van der Waals surface area contributed by atoms with E-state index in [4.69, 9.17) is 0 Å². The summed E-state index contributed by atoms with van der Waals surface area (Å²) in [6, 6.07) is 18.1. The molecule has 3 rings (SSSR count). The van der Waals surface area contributed by atoms with Crippen LogP contribution >= 0.6 is 12.4 Å². The zero-order chi connectivity index (χ0) is 18.4. The van der Waals surface area contributed by atoms with Crippen molar-refractivity contribution < 1.29 is 4.79 Å². The van der Waals surface area contributed by atoms with E-state index in [0.717, 1.165) is 24.9 Å². The van der Waals surface area contributed by atoms with Crippen molar-refractivity contribution >= 4 is 24.0 Å². The van der Waals surface area contributed by atoms with Crippen molar-refractivity contribution in [3.8, 4) is 0 Å². The first kappa shape index (κ1) is 21.5. The molecule has 2 N–H and O–H groups in total. The molecule has 2 aromatic rings. The van der Waals surface area contributed by atoms with Gasteiger partial charge in [0.05, 0.1) is 0 Å². The molecule has 0 aliphatic heterocycles. The highest BCUT2D eigenvalue weighted by atomic mass is 35.5. The summed E-state index contributed by atoms with van der Waals surface area (Å²) in [5.41, 5.74) is 5.16. The Bertz CT molecular complexity index is 747. The van der Waals surface area contributed by atoms with Crippen LogP contribution in [0.25, 0.3) is 0 Å². The maximum absolute atomic E-state index is 11.2. The molecule has 0 bridgehead atoms. The van der Waals surface area contributed by atoms with E-state index >= 15 is 0 Å². The molecular formula is C23H31ClN2O. The fourth-order valence-corrected chi connectivity index (χ4v) is 3.97. The van der Waals surface area contributed by atoms with Crippen LogP contribution in [0.15, 0.2) is 48.5 Å². The van der Waals surface area contributed by atoms with Gasteiger partial charge in [0.15, 0.2) is 0 Å². The van der Waals surface area contributed by atoms with Gasteiger partial charge in [0.25, 0.3) is 0 Å². The molecule has 2 unspecified atom stereocenters. The number of fused-ring (bicyclic) bond motifs is 1. The van der Waals surface area contributed by atoms with Crippen LogP contribution < -0.4 is 10.6 Å². The van der Waals surface area contributed by atoms with Gasteiger partial charge in [-0.1, -0.05) is 43.3 Å². The van der Waals surface area contributed by atoms with Crippen molar-refractivity contribution in [2.45, 2.75) is 64.5 Å². The predicted molar refractivity (Wildman–Crippen MR) is 116 cm³/mol. The van der Waals surface area contributed by atoms with Gasteiger partial charge in [-0.15, -0.1) is 12.4 Å². The number of aryl methyl sites for hydroxylation is 2. The molecular weight excluding hydrogens is 356 g/mol. The summed E-state index contributed by atoms with van der Waals surface area (Å²) < 4.78 is 0. The second-order valence-electron chi connectivity index (χ2n) is 7.34. The van der Waals surface area contributed by atoms with Crippen molar-refractivity contribution in [3.63, 3.8) is 0 Å². The normalized spacial score (nSPS) is 16.7. The van der Waals surface area contributed by atoms with Gasteiger partial charge in [-0.25, -0.2) is 0 Å². The monoisotopic (exact) mass is 386 g/mol. The zero-order valence-corrected chi connectivity index (χ0v) is 17.1. The Hall–Kier alpha value is -1.84. The topological polar surface area (TPSA) is 41.1 Å². The summed E-state index contributed by atoms with van der Waals surface area (Å²) >= 11 is 0. The Morgan fingerprint density at radius 2 is 2.00 bits per heavy atom. The number of carbonyl (C=O) groups excluding carboxylic acids is 1. The molecule has 1 aliphatic rings. The number of hydrogen-bond donors (Lipinski definition) is 2. The van der Waals surface area contributed by atoms with Gasteiger partial charge in [0.1, 0.15) is 0 Å². The first-order chi connectivity index (χ1) is 12.7. The van der Waals surface area contributed by atoms with Crippen LogP contribution in [-0.4, -0.2) is 11.9 Å². The second kappa shape index (κ2) is 10.5. The molecule has 0 aromatic heterocycles. The van der Waals surface area contributed by atoms with E-state index in [1.165, 1.54) is 36.0 Å². The number of nitrogens with one attached hydrogen (secondary N) is 2. The number of halogens is 1. The maximum atomic E-state index is 11.2. The van der Waals surface area contributed by atoms with Crippen LogP contribution in [0.3, 0.4) is 0 Å². The number of hydrogen-bond acceptors (Lipinski definition) is 2. The molecule has 27 heavy (non-hydrogen) atoms. The smallest absolute Gasteiger partial charge is 0.221 e. The van der Waals surface area contributed by atoms with Crippen LogP contribution in [0.2, 0.25) is 0 Å². The SMILES string of the molecule is CCC(CCc1cccc(NC(C)=O)c1)NC1CCCc2ccccc21.Cl. The minimum Gasteiger partial charge on any atom is -0.326 e. The summed E-state index contributed by atoms with van der Waals surface area (Å²) in [5, 5.41) is 6.78. The largest absolute Gasteiger partial charge is 0.326 e. The molecule has 0 fully saturated rings. The minimum atomic E-state index is -0.0220. The highest BCUT2D eigenvalue weighted by molar-refractivity contribution is 5.88. The fraction of sp³-hybridized carbons (Fsp3) is 0.435. The third-order valence-electron chi connectivity index (χ3n) is 5.33. The van der Waals surface area contributed by atoms with E-state index in [9.17, 15) is 4.79 Å². The second-order valence-corrected chi connectivity index (χ2v) is 7.34. The van der Waals surface area contributed by atoms with Crippen molar-refractivity contribution in [1.82, 2.24) is 5.32 Å². The molecule has 0 saturated carbocycles. The van der Waals surface area contributed by atoms with E-state index in [0.29, 0.717) is 12.1 Å². The summed E-state index contributed by atoms with van der Waals surface area (Å²) in [6.07, 6.45) is 6.96. The van der Waals surface area contributed by atoms with Crippen molar-refractivity contribution in [2.24, 2.45) is 0 Å². The zero-order valence-electron chi connectivity index (χ0n) is 16.3. The number of benzene rings is 2. The van der Waals surface area contributed by atoms with E-state index in [1.54, 1.807) is 6.92 Å². The fourth-order valence-electron chi connectivity index (χ4n) is 3.97. The van der Waals surface area contributed by atoms with Crippen molar-refractivity contribution in [3.05, 3.63) is 65.2 Å². The quantitative estimate of drug-likeness (QED) is 0.664. The summed E-state index contributed by atoms with van der Waals surface area (Å²) in [7, 11) is 0. The third-order valence-corrected chi connectivity index (χ3v) is 5.33. The average molecular weight is 387 g/mol. The molecule has 4 heteroatoms. The molecule has 0 saturated heterocycles. The first-order valence-electron chi connectivity index (χ1n) is 9.86. The molecule has 2 aromatic carbocycles. The van der Waals surface area contributed by atoms with Crippen LogP contribution in [0.1, 0.15) is 62.3 Å². The lowest BCUT2D eigenvalue weighted by atomic mass is 9.87. The van der Waals surface area contributed by atoms with Gasteiger partial charge in [0.2, 0.25) is 5.91 Å². The molecule has 0 radical (unpaired) electrons. The van der Waals surface area contributed by atoms with Crippen LogP contribution in [-0.2, 0) is 17.6 Å². The first-order valence-corrected chi connectivity index (χ1v) is 9.86. The third kappa shape index (κ3) is 6.08. The van der Waals surface area contributed by atoms with Crippen LogP contribution in [0, 0.1) is 0 Å². The van der Waals surface area contributed by atoms with E-state index in [1.807, 2.05) is 12.1 Å². The number of anilines is 1. The lowest BCUT2D eigenvalue weighted by molar-refractivity contribution is -0.114. The summed E-state index contributed by atoms with van der Waals surface area (Å²) in [4.78, 5) is 11.2. The molecule has 0 heterocycles. The Kier molecular flexibility index (Phi) is 8.33. The molecule has 1 amide bonds. The average Bonchev–Trinajstić information content (AvgIpc) is 2.65. The molecule has 0 spiro atoms. The maximum Gasteiger partial charge on any atom is 0.221 e. The lowest BCUT2D eigenvalue weighted by Gasteiger charge is -2.30. The van der Waals surface area contributed by atoms with Gasteiger partial charge < -0.3 is 10.6 Å². The van der Waals surface area contributed by atoms with E-state index in [2.05, 4.69) is 54.0 Å². The predicted octanol–water partition coefficient (Wildman–Crippen LogP) is 5.45. The highest BCUT2D eigenvalue weighted by Crippen LogP contribution is 2.30. The standard InChI is InChI=1S/C23H30N2O.ClH/c1-3-20(15-14-18-8-6-11-21(16-18)24-17(2)26)25-23-13-7-10-19-9-4-5-12-22(19)23;/h4-6,8-9,11-12,16,20,23,25H,3,7,10,13-15H2,1-2H3,(H,24,26);1H. The molecule has 146 valence electrons. The van der Waals surface area contributed by atoms with Crippen LogP contribution in [0.5, 0.6) is 0 Å². The van der Waals surface area contributed by atoms with E-state index < -0.39 is 0 Å². The molecule has 1 aliphatic carbocycles. The molecule has 3 nitrogen and oxygen atoms in total. The number of carbonyl (C=O) groups is 1. The highest BCUT2D eigenvalue weighted by Gasteiger charge is 2.21. The van der Waals surface area contributed by atoms with E-state index in [-0.39, 0.29) is 18.3 Å². The minimum absolute atomic E-state index is 0. The van der Waals surface area contributed by atoms with Crippen molar-refractivity contribution in [1.29, 1.82) is 0 Å². The Morgan fingerprint density at radius 3 is 2.78 bits per heavy atom. The Labute approximate surface area is 169 Å². The number of rotatable bonds is 7. The van der Waals surface area contributed by atoms with Crippen LogP contribution in [0.4, 0.5) is 5.69 Å². The lowest BCUT2D eigenvalue weighted by Crippen LogP contribution is -2.34. The molecule has 2 atom stereocenters. The number of amides is 1.